The van der Waals surface area contributed by atoms with Crippen molar-refractivity contribution in [2.24, 2.45) is 0 Å². The molecule has 0 aliphatic rings. The van der Waals surface area contributed by atoms with Gasteiger partial charge in [-0.1, -0.05) is 60.7 Å². The van der Waals surface area contributed by atoms with Crippen molar-refractivity contribution in [2.45, 2.75) is 19.4 Å². The predicted octanol–water partition coefficient (Wildman–Crippen LogP) is 3.71. The van der Waals surface area contributed by atoms with E-state index in [0.29, 0.717) is 11.3 Å². The van der Waals surface area contributed by atoms with Crippen molar-refractivity contribution >= 4 is 23.2 Å². The van der Waals surface area contributed by atoms with Gasteiger partial charge in [-0.15, -0.1) is 11.3 Å². The van der Waals surface area contributed by atoms with E-state index in [1.54, 1.807) is 0 Å². The van der Waals surface area contributed by atoms with Crippen molar-refractivity contribution in [1.29, 1.82) is 0 Å². The number of carbonyl (C=O) groups excluding carboxylic acids is 2. The van der Waals surface area contributed by atoms with Crippen molar-refractivity contribution in [2.75, 3.05) is 6.61 Å². The first-order valence-electron chi connectivity index (χ1n) is 8.59. The molecule has 2 aromatic carbocycles. The second-order valence-corrected chi connectivity index (χ2v) is 7.27. The third kappa shape index (κ3) is 5.49. The summed E-state index contributed by atoms with van der Waals surface area (Å²) in [5, 5.41) is 3.74. The van der Waals surface area contributed by atoms with Gasteiger partial charge in [0.25, 0.3) is 5.91 Å². The number of hydrogen-bond acceptors (Lipinski definition) is 5. The maximum atomic E-state index is 12.4. The highest BCUT2D eigenvalue weighted by Crippen LogP contribution is 2.18. The largest absolute Gasteiger partial charge is 0.451 e. The minimum atomic E-state index is -0.532. The zero-order chi connectivity index (χ0) is 19.1. The van der Waals surface area contributed by atoms with Gasteiger partial charge in [-0.25, -0.2) is 9.78 Å². The van der Waals surface area contributed by atoms with Crippen LogP contribution in [0.4, 0.5) is 0 Å². The number of ether oxygens (including phenoxy) is 1. The molecule has 138 valence electrons. The lowest BCUT2D eigenvalue weighted by Crippen LogP contribution is -2.33. The molecular weight excluding hydrogens is 360 g/mol. The van der Waals surface area contributed by atoms with Crippen LogP contribution in [0.15, 0.2) is 66.9 Å². The Morgan fingerprint density at radius 3 is 2.37 bits per heavy atom. The highest BCUT2D eigenvalue weighted by atomic mass is 32.1. The van der Waals surface area contributed by atoms with E-state index in [2.05, 4.69) is 10.3 Å². The monoisotopic (exact) mass is 380 g/mol. The summed E-state index contributed by atoms with van der Waals surface area (Å²) in [6.45, 7) is 1.48. The number of nitrogens with one attached hydrogen (secondary N) is 1. The van der Waals surface area contributed by atoms with E-state index in [0.717, 1.165) is 16.1 Å². The highest BCUT2D eigenvalue weighted by Gasteiger charge is 2.17. The predicted molar refractivity (Wildman–Crippen MR) is 105 cm³/mol. The third-order valence-electron chi connectivity index (χ3n) is 3.98. The van der Waals surface area contributed by atoms with Crippen molar-refractivity contribution in [3.8, 4) is 0 Å². The second-order valence-electron chi connectivity index (χ2n) is 6.04. The molecule has 5 nitrogen and oxygen atoms in total. The number of benzene rings is 2. The van der Waals surface area contributed by atoms with Gasteiger partial charge in [-0.05, 0) is 24.5 Å². The first kappa shape index (κ1) is 18.8. The molecular formula is C21H20N2O3S. The molecule has 1 atom stereocenters. The Labute approximate surface area is 162 Å². The summed E-state index contributed by atoms with van der Waals surface area (Å²) in [7, 11) is 0. The van der Waals surface area contributed by atoms with Crippen LogP contribution in [0, 0.1) is 6.92 Å². The van der Waals surface area contributed by atoms with E-state index in [1.807, 2.05) is 67.6 Å². The Morgan fingerprint density at radius 2 is 1.74 bits per heavy atom. The Bertz CT molecular complexity index is 894. The molecule has 3 rings (SSSR count). The molecule has 1 N–H and O–H groups in total. The standard InChI is InChI=1S/C21H20N2O3S/c1-15-22-13-19(27-15)21(25)26-14-20(24)23-18(17-10-6-3-7-11-17)12-16-8-4-2-5-9-16/h2-11,13,18H,12,14H2,1H3,(H,23,24). The summed E-state index contributed by atoms with van der Waals surface area (Å²) in [6, 6.07) is 19.5. The number of thiazole rings is 1. The molecule has 0 aliphatic carbocycles. The Hall–Kier alpha value is -2.99. The Kier molecular flexibility index (Phi) is 6.33. The molecule has 1 aromatic heterocycles. The Morgan fingerprint density at radius 1 is 1.07 bits per heavy atom. The summed E-state index contributed by atoms with van der Waals surface area (Å²) in [5.41, 5.74) is 2.11. The lowest BCUT2D eigenvalue weighted by Gasteiger charge is -2.19. The van der Waals surface area contributed by atoms with Gasteiger partial charge in [0, 0.05) is 0 Å². The number of esters is 1. The van der Waals surface area contributed by atoms with Crippen LogP contribution in [0.1, 0.15) is 31.8 Å². The summed E-state index contributed by atoms with van der Waals surface area (Å²) < 4.78 is 5.11. The summed E-state index contributed by atoms with van der Waals surface area (Å²) in [6.07, 6.45) is 2.11. The number of aryl methyl sites for hydroxylation is 1. The fraction of sp³-hybridized carbons (Fsp3) is 0.190. The molecule has 0 saturated carbocycles. The second kappa shape index (κ2) is 9.09. The number of nitrogens with zero attached hydrogens (tertiary/aromatic N) is 1. The van der Waals surface area contributed by atoms with E-state index in [1.165, 1.54) is 17.5 Å². The topological polar surface area (TPSA) is 68.3 Å². The van der Waals surface area contributed by atoms with Crippen LogP contribution in [-0.2, 0) is 16.0 Å². The number of hydrogen-bond donors (Lipinski definition) is 1. The zero-order valence-corrected chi connectivity index (χ0v) is 15.7. The minimum absolute atomic E-state index is 0.203. The number of rotatable bonds is 7. The van der Waals surface area contributed by atoms with Crippen LogP contribution < -0.4 is 5.32 Å². The van der Waals surface area contributed by atoms with E-state index >= 15 is 0 Å². The SMILES string of the molecule is Cc1ncc(C(=O)OCC(=O)NC(Cc2ccccc2)c2ccccc2)s1. The fourth-order valence-corrected chi connectivity index (χ4v) is 3.35. The van der Waals surface area contributed by atoms with E-state index in [9.17, 15) is 9.59 Å². The molecule has 1 unspecified atom stereocenters. The van der Waals surface area contributed by atoms with Crippen LogP contribution in [-0.4, -0.2) is 23.5 Å². The van der Waals surface area contributed by atoms with Crippen molar-refractivity contribution in [1.82, 2.24) is 10.3 Å². The average molecular weight is 380 g/mol. The summed E-state index contributed by atoms with van der Waals surface area (Å²) in [5.74, 6) is -0.871. The summed E-state index contributed by atoms with van der Waals surface area (Å²) >= 11 is 1.24. The van der Waals surface area contributed by atoms with Crippen LogP contribution in [0.5, 0.6) is 0 Å². The smallest absolute Gasteiger partial charge is 0.350 e. The van der Waals surface area contributed by atoms with Crippen LogP contribution in [0.25, 0.3) is 0 Å². The molecule has 0 spiro atoms. The first-order valence-corrected chi connectivity index (χ1v) is 9.41. The normalized spacial score (nSPS) is 11.6. The molecule has 0 saturated heterocycles. The minimum Gasteiger partial charge on any atom is -0.451 e. The van der Waals surface area contributed by atoms with E-state index in [-0.39, 0.29) is 18.6 Å². The lowest BCUT2D eigenvalue weighted by molar-refractivity contribution is -0.125. The van der Waals surface area contributed by atoms with Gasteiger partial charge in [-0.2, -0.15) is 0 Å². The average Bonchev–Trinajstić information content (AvgIpc) is 3.13. The van der Waals surface area contributed by atoms with Gasteiger partial charge in [0.05, 0.1) is 17.2 Å². The van der Waals surface area contributed by atoms with Crippen LogP contribution in [0.3, 0.4) is 0 Å². The molecule has 6 heteroatoms. The molecule has 0 aliphatic heterocycles. The lowest BCUT2D eigenvalue weighted by atomic mass is 9.99. The number of aromatic nitrogens is 1. The molecule has 3 aromatic rings. The van der Waals surface area contributed by atoms with Crippen molar-refractivity contribution < 1.29 is 14.3 Å². The molecule has 27 heavy (non-hydrogen) atoms. The first-order chi connectivity index (χ1) is 13.1. The maximum Gasteiger partial charge on any atom is 0.350 e. The summed E-state index contributed by atoms with van der Waals surface area (Å²) in [4.78, 5) is 28.7. The van der Waals surface area contributed by atoms with Gasteiger partial charge in [-0.3, -0.25) is 4.79 Å². The van der Waals surface area contributed by atoms with Gasteiger partial charge in [0.15, 0.2) is 6.61 Å². The molecule has 1 heterocycles. The quantitative estimate of drug-likeness (QED) is 0.635. The molecule has 0 radical (unpaired) electrons. The van der Waals surface area contributed by atoms with Crippen molar-refractivity contribution in [3.05, 3.63) is 87.9 Å². The molecule has 0 fully saturated rings. The van der Waals surface area contributed by atoms with E-state index in [4.69, 9.17) is 4.74 Å². The van der Waals surface area contributed by atoms with Crippen LogP contribution in [0.2, 0.25) is 0 Å². The van der Waals surface area contributed by atoms with Crippen LogP contribution >= 0.6 is 11.3 Å². The van der Waals surface area contributed by atoms with Crippen molar-refractivity contribution in [3.63, 3.8) is 0 Å². The number of carbonyl (C=O) groups is 2. The van der Waals surface area contributed by atoms with Gasteiger partial charge >= 0.3 is 5.97 Å². The fourth-order valence-electron chi connectivity index (χ4n) is 2.68. The molecule has 1 amide bonds. The third-order valence-corrected chi connectivity index (χ3v) is 4.87. The van der Waals surface area contributed by atoms with Gasteiger partial charge in [0.2, 0.25) is 0 Å². The Balaban J connectivity index is 1.62. The van der Waals surface area contributed by atoms with E-state index < -0.39 is 5.97 Å². The highest BCUT2D eigenvalue weighted by molar-refractivity contribution is 7.13. The van der Waals surface area contributed by atoms with Gasteiger partial charge < -0.3 is 10.1 Å². The zero-order valence-electron chi connectivity index (χ0n) is 14.9. The maximum absolute atomic E-state index is 12.4. The number of amides is 1. The van der Waals surface area contributed by atoms with Gasteiger partial charge in [0.1, 0.15) is 4.88 Å². The molecule has 0 bridgehead atoms.